The average molecular weight is 380 g/mol. The predicted octanol–water partition coefficient (Wildman–Crippen LogP) is 1.24. The van der Waals surface area contributed by atoms with Gasteiger partial charge in [0.15, 0.2) is 0 Å². The van der Waals surface area contributed by atoms with Crippen molar-refractivity contribution >= 4 is 10.0 Å². The Morgan fingerprint density at radius 2 is 1.88 bits per heavy atom. The molecule has 0 saturated carbocycles. The van der Waals surface area contributed by atoms with E-state index in [9.17, 15) is 8.42 Å². The molecule has 2 heterocycles. The fraction of sp³-hybridized carbons (Fsp3) is 0.529. The maximum Gasteiger partial charge on any atom is 0.243 e. The lowest BCUT2D eigenvalue weighted by molar-refractivity contribution is 0.186. The molecule has 26 heavy (non-hydrogen) atoms. The fourth-order valence-corrected chi connectivity index (χ4v) is 4.69. The number of rotatable bonds is 6. The normalized spacial score (nSPS) is 16.7. The van der Waals surface area contributed by atoms with E-state index in [-0.39, 0.29) is 0 Å². The Balaban J connectivity index is 1.59. The van der Waals surface area contributed by atoms with Gasteiger partial charge in [-0.2, -0.15) is 4.31 Å². The summed E-state index contributed by atoms with van der Waals surface area (Å²) in [6.45, 7) is 6.63. The molecule has 0 aliphatic carbocycles. The van der Waals surface area contributed by atoms with Crippen LogP contribution in [0.15, 0.2) is 27.5 Å². The van der Waals surface area contributed by atoms with Crippen LogP contribution in [0.5, 0.6) is 5.75 Å². The molecule has 0 atom stereocenters. The predicted molar refractivity (Wildman–Crippen MR) is 95.7 cm³/mol. The zero-order valence-electron chi connectivity index (χ0n) is 15.3. The highest BCUT2D eigenvalue weighted by atomic mass is 32.2. The van der Waals surface area contributed by atoms with Crippen LogP contribution in [0.3, 0.4) is 0 Å². The molecule has 0 bridgehead atoms. The summed E-state index contributed by atoms with van der Waals surface area (Å²) in [5, 5.41) is 7.81. The molecule has 2 aromatic rings. The van der Waals surface area contributed by atoms with E-state index in [0.717, 1.165) is 6.54 Å². The number of aryl methyl sites for hydroxylation is 2. The van der Waals surface area contributed by atoms with Crippen LogP contribution in [0.2, 0.25) is 0 Å². The first kappa shape index (κ1) is 18.8. The first-order valence-electron chi connectivity index (χ1n) is 8.56. The largest absolute Gasteiger partial charge is 0.497 e. The Hall–Kier alpha value is -1.97. The lowest BCUT2D eigenvalue weighted by Gasteiger charge is -2.34. The molecule has 1 aliphatic rings. The molecule has 142 valence electrons. The van der Waals surface area contributed by atoms with E-state index in [1.807, 2.05) is 0 Å². The molecule has 1 aromatic heterocycles. The zero-order chi connectivity index (χ0) is 18.7. The van der Waals surface area contributed by atoms with Crippen molar-refractivity contribution < 1.29 is 17.6 Å². The number of ether oxygens (including phenoxy) is 1. The van der Waals surface area contributed by atoms with Crippen molar-refractivity contribution in [3.05, 3.63) is 35.5 Å². The van der Waals surface area contributed by atoms with Crippen molar-refractivity contribution in [3.8, 4) is 5.75 Å². The highest BCUT2D eigenvalue weighted by Gasteiger charge is 2.29. The van der Waals surface area contributed by atoms with Crippen molar-refractivity contribution in [2.24, 2.45) is 0 Å². The Bertz CT molecular complexity index is 857. The summed E-state index contributed by atoms with van der Waals surface area (Å²) >= 11 is 0. The van der Waals surface area contributed by atoms with E-state index >= 15 is 0 Å². The highest BCUT2D eigenvalue weighted by molar-refractivity contribution is 7.89. The third-order valence-electron chi connectivity index (χ3n) is 4.54. The van der Waals surface area contributed by atoms with Crippen LogP contribution in [0.25, 0.3) is 0 Å². The molecule has 3 rings (SSSR count). The molecule has 8 nitrogen and oxygen atoms in total. The number of nitrogens with zero attached hydrogens (tertiary/aromatic N) is 4. The second kappa shape index (κ2) is 7.73. The van der Waals surface area contributed by atoms with Gasteiger partial charge in [0, 0.05) is 46.1 Å². The molecule has 1 aromatic carbocycles. The van der Waals surface area contributed by atoms with Crippen LogP contribution in [-0.2, 0) is 16.4 Å². The topological polar surface area (TPSA) is 88.8 Å². The van der Waals surface area contributed by atoms with Crippen molar-refractivity contribution in [1.29, 1.82) is 0 Å². The molecule has 0 amide bonds. The summed E-state index contributed by atoms with van der Waals surface area (Å²) < 4.78 is 37.9. The molecule has 0 unspecified atom stereocenters. The standard InChI is InChI=1S/C17H24N4O4S/c1-13-12-15(24-3)4-5-16(13)26(22,23)21-10-8-20(9-11-21)7-6-17-19-18-14(2)25-17/h4-5,12H,6-11H2,1-3H3. The van der Waals surface area contributed by atoms with Gasteiger partial charge in [-0.1, -0.05) is 0 Å². The Kier molecular flexibility index (Phi) is 5.59. The van der Waals surface area contributed by atoms with Gasteiger partial charge in [-0.05, 0) is 30.7 Å². The molecule has 1 aliphatic heterocycles. The summed E-state index contributed by atoms with van der Waals surface area (Å²) in [7, 11) is -1.93. The minimum atomic E-state index is -3.49. The van der Waals surface area contributed by atoms with Gasteiger partial charge in [-0.3, -0.25) is 0 Å². The number of hydrogen-bond acceptors (Lipinski definition) is 7. The average Bonchev–Trinajstić information content (AvgIpc) is 3.05. The van der Waals surface area contributed by atoms with Gasteiger partial charge in [0.1, 0.15) is 5.75 Å². The van der Waals surface area contributed by atoms with Crippen LogP contribution < -0.4 is 4.74 Å². The van der Waals surface area contributed by atoms with E-state index in [4.69, 9.17) is 9.15 Å². The monoisotopic (exact) mass is 380 g/mol. The third-order valence-corrected chi connectivity index (χ3v) is 6.60. The smallest absolute Gasteiger partial charge is 0.243 e. The number of aromatic nitrogens is 2. The van der Waals surface area contributed by atoms with Gasteiger partial charge < -0.3 is 14.1 Å². The molecular formula is C17H24N4O4S. The van der Waals surface area contributed by atoms with E-state index in [0.29, 0.717) is 60.6 Å². The SMILES string of the molecule is COc1ccc(S(=O)(=O)N2CCN(CCc3nnc(C)o3)CC2)c(C)c1. The summed E-state index contributed by atoms with van der Waals surface area (Å²) in [6.07, 6.45) is 0.672. The minimum Gasteiger partial charge on any atom is -0.497 e. The first-order valence-corrected chi connectivity index (χ1v) is 10.0. The Morgan fingerprint density at radius 3 is 2.46 bits per heavy atom. The van der Waals surface area contributed by atoms with Gasteiger partial charge in [0.25, 0.3) is 0 Å². The van der Waals surface area contributed by atoms with Crippen molar-refractivity contribution in [2.75, 3.05) is 39.8 Å². The molecule has 1 fully saturated rings. The number of sulfonamides is 1. The van der Waals surface area contributed by atoms with Crippen LogP contribution in [0.4, 0.5) is 0 Å². The first-order chi connectivity index (χ1) is 12.4. The summed E-state index contributed by atoms with van der Waals surface area (Å²) in [5.41, 5.74) is 0.693. The maximum absolute atomic E-state index is 12.9. The molecule has 1 saturated heterocycles. The van der Waals surface area contributed by atoms with E-state index in [2.05, 4.69) is 15.1 Å². The summed E-state index contributed by atoms with van der Waals surface area (Å²) in [6, 6.07) is 5.05. The molecular weight excluding hydrogens is 356 g/mol. The van der Waals surface area contributed by atoms with Crippen molar-refractivity contribution in [2.45, 2.75) is 25.2 Å². The van der Waals surface area contributed by atoms with E-state index in [1.54, 1.807) is 43.5 Å². The Morgan fingerprint density at radius 1 is 1.15 bits per heavy atom. The quantitative estimate of drug-likeness (QED) is 0.745. The lowest BCUT2D eigenvalue weighted by Crippen LogP contribution is -2.49. The van der Waals surface area contributed by atoms with Crippen LogP contribution in [-0.4, -0.2) is 67.7 Å². The minimum absolute atomic E-state index is 0.341. The highest BCUT2D eigenvalue weighted by Crippen LogP contribution is 2.24. The lowest BCUT2D eigenvalue weighted by atomic mass is 10.2. The Labute approximate surface area is 153 Å². The van der Waals surface area contributed by atoms with E-state index in [1.165, 1.54) is 0 Å². The van der Waals surface area contributed by atoms with Crippen molar-refractivity contribution in [1.82, 2.24) is 19.4 Å². The van der Waals surface area contributed by atoms with Crippen molar-refractivity contribution in [3.63, 3.8) is 0 Å². The molecule has 0 N–H and O–H groups in total. The third kappa shape index (κ3) is 4.05. The van der Waals surface area contributed by atoms with Gasteiger partial charge in [-0.25, -0.2) is 8.42 Å². The van der Waals surface area contributed by atoms with Crippen LogP contribution >= 0.6 is 0 Å². The van der Waals surface area contributed by atoms with Gasteiger partial charge >= 0.3 is 0 Å². The summed E-state index contributed by atoms with van der Waals surface area (Å²) in [4.78, 5) is 2.56. The van der Waals surface area contributed by atoms with Crippen LogP contribution in [0.1, 0.15) is 17.3 Å². The number of benzene rings is 1. The van der Waals surface area contributed by atoms with Gasteiger partial charge in [0.05, 0.1) is 12.0 Å². The number of methoxy groups -OCH3 is 1. The number of hydrogen-bond donors (Lipinski definition) is 0. The zero-order valence-corrected chi connectivity index (χ0v) is 16.1. The molecule has 9 heteroatoms. The van der Waals surface area contributed by atoms with E-state index < -0.39 is 10.0 Å². The molecule has 0 radical (unpaired) electrons. The van der Waals surface area contributed by atoms with Gasteiger partial charge in [-0.15, -0.1) is 10.2 Å². The van der Waals surface area contributed by atoms with Gasteiger partial charge in [0.2, 0.25) is 21.8 Å². The number of piperazine rings is 1. The summed E-state index contributed by atoms with van der Waals surface area (Å²) in [5.74, 6) is 1.83. The van der Waals surface area contributed by atoms with Crippen LogP contribution in [0, 0.1) is 13.8 Å². The maximum atomic E-state index is 12.9. The fourth-order valence-electron chi connectivity index (χ4n) is 3.06. The second-order valence-corrected chi connectivity index (χ2v) is 8.25. The second-order valence-electron chi connectivity index (χ2n) is 6.34. The molecule has 0 spiro atoms.